The second kappa shape index (κ2) is 7.77. The van der Waals surface area contributed by atoms with Crippen molar-refractivity contribution in [1.29, 1.82) is 0 Å². The highest BCUT2D eigenvalue weighted by molar-refractivity contribution is 7.10. The van der Waals surface area contributed by atoms with Crippen molar-refractivity contribution < 1.29 is 14.3 Å². The lowest BCUT2D eigenvalue weighted by molar-refractivity contribution is 0.0525. The summed E-state index contributed by atoms with van der Waals surface area (Å²) in [7, 11) is 1.93. The Labute approximate surface area is 146 Å². The van der Waals surface area contributed by atoms with Gasteiger partial charge in [-0.05, 0) is 51.8 Å². The Kier molecular flexibility index (Phi) is 5.96. The highest BCUT2D eigenvalue weighted by atomic mass is 32.1. The maximum Gasteiger partial charge on any atom is 0.340 e. The molecule has 1 atom stereocenters. The minimum Gasteiger partial charge on any atom is -0.462 e. The summed E-state index contributed by atoms with van der Waals surface area (Å²) >= 11 is 1.68. The van der Waals surface area contributed by atoms with E-state index in [1.165, 1.54) is 4.88 Å². The van der Waals surface area contributed by atoms with Crippen LogP contribution in [0.3, 0.4) is 0 Å². The zero-order valence-electron chi connectivity index (χ0n) is 14.8. The molecule has 2 aromatic heterocycles. The van der Waals surface area contributed by atoms with Gasteiger partial charge in [-0.1, -0.05) is 6.07 Å². The molecule has 0 radical (unpaired) electrons. The van der Waals surface area contributed by atoms with E-state index in [0.717, 1.165) is 0 Å². The van der Waals surface area contributed by atoms with Gasteiger partial charge in [0.05, 0.1) is 24.4 Å². The zero-order chi connectivity index (χ0) is 17.9. The maximum atomic E-state index is 12.7. The number of carbonyl (C=O) groups excluding carboxylic acids is 2. The number of hydrogen-bond donors (Lipinski definition) is 1. The van der Waals surface area contributed by atoms with E-state index in [0.29, 0.717) is 29.1 Å². The number of aromatic nitrogens is 1. The van der Waals surface area contributed by atoms with Gasteiger partial charge in [0.2, 0.25) is 0 Å². The van der Waals surface area contributed by atoms with Crippen molar-refractivity contribution in [2.75, 3.05) is 20.2 Å². The largest absolute Gasteiger partial charge is 0.462 e. The summed E-state index contributed by atoms with van der Waals surface area (Å²) in [6.07, 6.45) is 0. The van der Waals surface area contributed by atoms with Crippen molar-refractivity contribution in [2.24, 2.45) is 0 Å². The van der Waals surface area contributed by atoms with Gasteiger partial charge >= 0.3 is 5.97 Å². The van der Waals surface area contributed by atoms with Crippen LogP contribution in [0.15, 0.2) is 17.5 Å². The highest BCUT2D eigenvalue weighted by Gasteiger charge is 2.24. The minimum absolute atomic E-state index is 0.0305. The summed E-state index contributed by atoms with van der Waals surface area (Å²) in [6, 6.07) is 4.24. The Morgan fingerprint density at radius 1 is 1.38 bits per heavy atom. The van der Waals surface area contributed by atoms with Crippen LogP contribution >= 0.6 is 11.3 Å². The SMILES string of the molecule is CCOC(=O)c1c(C)[nH]c(C(=O)CN(C)C(C)c2cccs2)c1C. The molecular weight excluding hydrogens is 324 g/mol. The summed E-state index contributed by atoms with van der Waals surface area (Å²) < 4.78 is 5.07. The van der Waals surface area contributed by atoms with Crippen molar-refractivity contribution in [3.63, 3.8) is 0 Å². The smallest absolute Gasteiger partial charge is 0.340 e. The first kappa shape index (κ1) is 18.4. The van der Waals surface area contributed by atoms with Crippen LogP contribution in [0, 0.1) is 13.8 Å². The molecule has 2 aromatic rings. The van der Waals surface area contributed by atoms with Crippen LogP contribution in [0.25, 0.3) is 0 Å². The molecule has 0 amide bonds. The third kappa shape index (κ3) is 3.76. The third-order valence-electron chi connectivity index (χ3n) is 4.21. The Hall–Kier alpha value is -1.92. The Balaban J connectivity index is 2.15. The molecule has 24 heavy (non-hydrogen) atoms. The second-order valence-corrected chi connectivity index (χ2v) is 6.85. The number of likely N-dealkylation sites (N-methyl/N-ethyl adjacent to an activating group) is 1. The van der Waals surface area contributed by atoms with Crippen molar-refractivity contribution in [3.05, 3.63) is 44.9 Å². The van der Waals surface area contributed by atoms with Crippen LogP contribution in [-0.2, 0) is 4.74 Å². The van der Waals surface area contributed by atoms with Gasteiger partial charge in [0, 0.05) is 16.6 Å². The van der Waals surface area contributed by atoms with Crippen LogP contribution < -0.4 is 0 Å². The summed E-state index contributed by atoms with van der Waals surface area (Å²) in [5, 5.41) is 2.03. The monoisotopic (exact) mass is 348 g/mol. The summed E-state index contributed by atoms with van der Waals surface area (Å²) in [6.45, 7) is 8.01. The number of thiophene rings is 1. The van der Waals surface area contributed by atoms with Gasteiger partial charge in [-0.3, -0.25) is 9.69 Å². The van der Waals surface area contributed by atoms with Crippen molar-refractivity contribution >= 4 is 23.1 Å². The molecule has 0 saturated heterocycles. The molecule has 5 nitrogen and oxygen atoms in total. The number of aromatic amines is 1. The molecule has 1 N–H and O–H groups in total. The molecule has 0 aliphatic carbocycles. The van der Waals surface area contributed by atoms with Crippen LogP contribution in [0.1, 0.15) is 56.9 Å². The Bertz CT molecular complexity index is 719. The Morgan fingerprint density at radius 2 is 2.08 bits per heavy atom. The van der Waals surface area contributed by atoms with Gasteiger partial charge in [0.15, 0.2) is 5.78 Å². The van der Waals surface area contributed by atoms with E-state index >= 15 is 0 Å². The quantitative estimate of drug-likeness (QED) is 0.611. The van der Waals surface area contributed by atoms with Crippen LogP contribution in [0.5, 0.6) is 0 Å². The molecule has 2 rings (SSSR count). The van der Waals surface area contributed by atoms with Gasteiger partial charge in [-0.15, -0.1) is 11.3 Å². The molecule has 0 aromatic carbocycles. The molecule has 0 saturated carbocycles. The van der Waals surface area contributed by atoms with Crippen molar-refractivity contribution in [2.45, 2.75) is 33.7 Å². The van der Waals surface area contributed by atoms with E-state index < -0.39 is 0 Å². The predicted octanol–water partition coefficient (Wildman–Crippen LogP) is 3.75. The molecule has 0 fully saturated rings. The lowest BCUT2D eigenvalue weighted by atomic mass is 10.1. The van der Waals surface area contributed by atoms with Crippen LogP contribution in [-0.4, -0.2) is 41.8 Å². The molecule has 0 aliphatic heterocycles. The van der Waals surface area contributed by atoms with E-state index in [1.54, 1.807) is 32.1 Å². The second-order valence-electron chi connectivity index (χ2n) is 5.88. The van der Waals surface area contributed by atoms with E-state index in [4.69, 9.17) is 4.74 Å². The number of hydrogen-bond acceptors (Lipinski definition) is 5. The number of rotatable bonds is 7. The first-order valence-electron chi connectivity index (χ1n) is 7.99. The van der Waals surface area contributed by atoms with Crippen LogP contribution in [0.4, 0.5) is 0 Å². The van der Waals surface area contributed by atoms with Gasteiger partial charge in [0.1, 0.15) is 0 Å². The molecular formula is C18H24N2O3S. The number of H-pyrrole nitrogens is 1. The molecule has 2 heterocycles. The van der Waals surface area contributed by atoms with E-state index in [9.17, 15) is 9.59 Å². The lowest BCUT2D eigenvalue weighted by Crippen LogP contribution is -2.29. The fraction of sp³-hybridized carbons (Fsp3) is 0.444. The fourth-order valence-corrected chi connectivity index (χ4v) is 3.58. The number of ketones is 1. The van der Waals surface area contributed by atoms with Crippen molar-refractivity contribution in [3.8, 4) is 0 Å². The van der Waals surface area contributed by atoms with E-state index in [2.05, 4.69) is 18.0 Å². The summed E-state index contributed by atoms with van der Waals surface area (Å²) in [5.74, 6) is -0.417. The van der Waals surface area contributed by atoms with Crippen LogP contribution in [0.2, 0.25) is 0 Å². The van der Waals surface area contributed by atoms with Crippen molar-refractivity contribution in [1.82, 2.24) is 9.88 Å². The number of ether oxygens (including phenoxy) is 1. The molecule has 6 heteroatoms. The number of Topliss-reactive ketones (excluding diaryl/α,β-unsaturated/α-hetero) is 1. The third-order valence-corrected chi connectivity index (χ3v) is 5.25. The topological polar surface area (TPSA) is 62.4 Å². The van der Waals surface area contributed by atoms with Gasteiger partial charge in [-0.2, -0.15) is 0 Å². The minimum atomic E-state index is -0.386. The van der Waals surface area contributed by atoms with E-state index in [-0.39, 0.29) is 24.3 Å². The average Bonchev–Trinajstić information content (AvgIpc) is 3.15. The highest BCUT2D eigenvalue weighted by Crippen LogP contribution is 2.24. The predicted molar refractivity (Wildman–Crippen MR) is 95.9 cm³/mol. The zero-order valence-corrected chi connectivity index (χ0v) is 15.6. The molecule has 130 valence electrons. The normalized spacial score (nSPS) is 12.4. The number of esters is 1. The molecule has 0 aliphatic rings. The van der Waals surface area contributed by atoms with Gasteiger partial charge < -0.3 is 9.72 Å². The molecule has 0 spiro atoms. The number of nitrogens with zero attached hydrogens (tertiary/aromatic N) is 1. The summed E-state index contributed by atoms with van der Waals surface area (Å²) in [4.78, 5) is 31.0. The lowest BCUT2D eigenvalue weighted by Gasteiger charge is -2.22. The fourth-order valence-electron chi connectivity index (χ4n) is 2.73. The maximum absolute atomic E-state index is 12.7. The first-order valence-corrected chi connectivity index (χ1v) is 8.87. The van der Waals surface area contributed by atoms with Gasteiger partial charge in [0.25, 0.3) is 0 Å². The van der Waals surface area contributed by atoms with Gasteiger partial charge in [-0.25, -0.2) is 4.79 Å². The number of aryl methyl sites for hydroxylation is 1. The van der Waals surface area contributed by atoms with E-state index in [1.807, 2.05) is 23.4 Å². The first-order chi connectivity index (χ1) is 11.4. The molecule has 0 bridgehead atoms. The Morgan fingerprint density at radius 3 is 2.67 bits per heavy atom. The molecule has 1 unspecified atom stereocenters. The summed E-state index contributed by atoms with van der Waals surface area (Å²) in [5.41, 5.74) is 2.28. The standard InChI is InChI=1S/C18H24N2O3S/c1-6-23-18(22)16-11(2)17(19-12(16)3)14(21)10-20(5)13(4)15-8-7-9-24-15/h7-9,13,19H,6,10H2,1-5H3. The number of nitrogens with one attached hydrogen (secondary N) is 1. The number of carbonyl (C=O) groups is 2. The average molecular weight is 348 g/mol.